The van der Waals surface area contributed by atoms with Gasteiger partial charge in [-0.05, 0) is 79.7 Å². The second-order valence-electron chi connectivity index (χ2n) is 9.47. The number of carbonyl (C=O) groups is 3. The van der Waals surface area contributed by atoms with Gasteiger partial charge in [-0.3, -0.25) is 14.5 Å². The number of halogens is 6. The van der Waals surface area contributed by atoms with Gasteiger partial charge in [-0.15, -0.1) is 0 Å². The number of hydrogen-bond acceptors (Lipinski definition) is 6. The summed E-state index contributed by atoms with van der Waals surface area (Å²) in [5.41, 5.74) is -5.84. The van der Waals surface area contributed by atoms with Crippen LogP contribution in [0, 0.1) is 0 Å². The van der Waals surface area contributed by atoms with E-state index < -0.39 is 40.9 Å². The number of benzene rings is 2. The molecular formula is C27H22F6N4O4S. The number of urea groups is 1. The van der Waals surface area contributed by atoms with Crippen LogP contribution in [0.3, 0.4) is 0 Å². The first kappa shape index (κ1) is 30.7. The van der Waals surface area contributed by atoms with Gasteiger partial charge >= 0.3 is 23.6 Å². The Kier molecular flexibility index (Phi) is 8.18. The highest BCUT2D eigenvalue weighted by atomic mass is 32.2. The lowest BCUT2D eigenvalue weighted by Crippen LogP contribution is -2.43. The van der Waals surface area contributed by atoms with Crippen molar-refractivity contribution in [3.8, 4) is 5.75 Å². The van der Waals surface area contributed by atoms with E-state index in [1.54, 1.807) is 0 Å². The third-order valence-corrected chi connectivity index (χ3v) is 7.03. The zero-order chi connectivity index (χ0) is 31.0. The van der Waals surface area contributed by atoms with Gasteiger partial charge < -0.3 is 9.64 Å². The minimum Gasteiger partial charge on any atom is -0.497 e. The van der Waals surface area contributed by atoms with Crippen LogP contribution in [-0.2, 0) is 16.1 Å². The van der Waals surface area contributed by atoms with Crippen molar-refractivity contribution in [3.05, 3.63) is 72.4 Å². The highest BCUT2D eigenvalue weighted by Gasteiger charge is 2.52. The van der Waals surface area contributed by atoms with Crippen molar-refractivity contribution in [1.82, 2.24) is 9.88 Å². The highest BCUT2D eigenvalue weighted by molar-refractivity contribution is 8.00. The molecule has 0 unspecified atom stereocenters. The number of nitrogens with zero attached hydrogens (tertiary/aromatic N) is 4. The monoisotopic (exact) mass is 612 g/mol. The predicted molar refractivity (Wildman–Crippen MR) is 141 cm³/mol. The molecule has 8 nitrogen and oxygen atoms in total. The number of imide groups is 1. The van der Waals surface area contributed by atoms with Crippen molar-refractivity contribution in [2.24, 2.45) is 0 Å². The summed E-state index contributed by atoms with van der Waals surface area (Å²) in [6, 6.07) is 11.8. The van der Waals surface area contributed by atoms with Gasteiger partial charge in [0.15, 0.2) is 0 Å². The van der Waals surface area contributed by atoms with Gasteiger partial charge in [0.2, 0.25) is 0 Å². The second-order valence-corrected chi connectivity index (χ2v) is 10.6. The quantitative estimate of drug-likeness (QED) is 0.168. The smallest absolute Gasteiger partial charge is 0.472 e. The van der Waals surface area contributed by atoms with Crippen molar-refractivity contribution in [3.63, 3.8) is 0 Å². The molecule has 222 valence electrons. The SMILES string of the molecule is COc1cccc(N(C(=O)C(F)(F)F)c2cc(CN3C(=O)N(c4ccc(SC(F)(F)F)cc4)C(=O)C3(C)C)ccn2)c1. The maximum atomic E-state index is 13.6. The zero-order valence-corrected chi connectivity index (χ0v) is 23.0. The van der Waals surface area contributed by atoms with E-state index in [1.807, 2.05) is 0 Å². The fraction of sp³-hybridized carbons (Fsp3) is 0.259. The van der Waals surface area contributed by atoms with Crippen LogP contribution < -0.4 is 14.5 Å². The van der Waals surface area contributed by atoms with Gasteiger partial charge in [0.1, 0.15) is 17.1 Å². The van der Waals surface area contributed by atoms with E-state index in [0.29, 0.717) is 4.90 Å². The van der Waals surface area contributed by atoms with E-state index >= 15 is 0 Å². The predicted octanol–water partition coefficient (Wildman–Crippen LogP) is 6.68. The average molecular weight is 613 g/mol. The van der Waals surface area contributed by atoms with Gasteiger partial charge in [-0.1, -0.05) is 6.07 Å². The van der Waals surface area contributed by atoms with E-state index in [4.69, 9.17) is 4.74 Å². The Morgan fingerprint density at radius 3 is 2.26 bits per heavy atom. The normalized spacial score (nSPS) is 15.3. The summed E-state index contributed by atoms with van der Waals surface area (Å²) in [5, 5.41) is 0. The van der Waals surface area contributed by atoms with E-state index in [2.05, 4.69) is 4.98 Å². The van der Waals surface area contributed by atoms with Crippen molar-refractivity contribution in [2.45, 2.75) is 42.5 Å². The number of carbonyl (C=O) groups excluding carboxylic acids is 3. The molecule has 0 radical (unpaired) electrons. The molecule has 1 fully saturated rings. The Bertz CT molecular complexity index is 1510. The molecule has 1 aliphatic rings. The molecule has 0 spiro atoms. The first-order valence-electron chi connectivity index (χ1n) is 12.0. The second kappa shape index (κ2) is 11.2. The average Bonchev–Trinajstić information content (AvgIpc) is 3.07. The van der Waals surface area contributed by atoms with Gasteiger partial charge in [0, 0.05) is 23.7 Å². The lowest BCUT2D eigenvalue weighted by atomic mass is 10.0. The van der Waals surface area contributed by atoms with Crippen LogP contribution in [0.2, 0.25) is 0 Å². The molecule has 0 saturated carbocycles. The molecule has 2 aromatic carbocycles. The molecule has 0 N–H and O–H groups in total. The first-order chi connectivity index (χ1) is 19.5. The maximum Gasteiger partial charge on any atom is 0.472 e. The van der Waals surface area contributed by atoms with E-state index in [1.165, 1.54) is 69.5 Å². The van der Waals surface area contributed by atoms with Gasteiger partial charge in [0.05, 0.1) is 18.5 Å². The summed E-state index contributed by atoms with van der Waals surface area (Å²) in [6.45, 7) is 2.65. The number of anilines is 3. The summed E-state index contributed by atoms with van der Waals surface area (Å²) in [6.07, 6.45) is -4.10. The van der Waals surface area contributed by atoms with E-state index in [9.17, 15) is 40.7 Å². The zero-order valence-electron chi connectivity index (χ0n) is 22.2. The third kappa shape index (κ3) is 6.30. The van der Waals surface area contributed by atoms with Crippen LogP contribution in [0.25, 0.3) is 0 Å². The summed E-state index contributed by atoms with van der Waals surface area (Å²) in [7, 11) is 1.31. The Labute approximate surface area is 239 Å². The number of pyridine rings is 1. The topological polar surface area (TPSA) is 83.0 Å². The number of aromatic nitrogens is 1. The number of amides is 4. The van der Waals surface area contributed by atoms with Gasteiger partial charge in [-0.25, -0.2) is 14.7 Å². The molecule has 42 heavy (non-hydrogen) atoms. The van der Waals surface area contributed by atoms with Crippen LogP contribution in [0.4, 0.5) is 48.3 Å². The largest absolute Gasteiger partial charge is 0.497 e. The Morgan fingerprint density at radius 2 is 1.67 bits per heavy atom. The van der Waals surface area contributed by atoms with Gasteiger partial charge in [-0.2, -0.15) is 26.3 Å². The van der Waals surface area contributed by atoms with Crippen molar-refractivity contribution in [1.29, 1.82) is 0 Å². The standard InChI is InChI=1S/C27H22F6N4O4S/c1-25(2)22(38)37(17-7-9-20(10-8-17)42-27(31,32)33)24(40)35(25)15-16-11-12-34-21(13-16)36(23(39)26(28,29)30)18-5-4-6-19(14-18)41-3/h4-14H,15H2,1-3H3. The summed E-state index contributed by atoms with van der Waals surface area (Å²) in [5.74, 6) is -3.08. The molecule has 1 aliphatic heterocycles. The molecule has 3 aromatic rings. The van der Waals surface area contributed by atoms with E-state index in [0.717, 1.165) is 28.1 Å². The minimum atomic E-state index is -5.26. The highest BCUT2D eigenvalue weighted by Crippen LogP contribution is 2.39. The maximum absolute atomic E-state index is 13.6. The Balaban J connectivity index is 1.65. The molecule has 4 amide bonds. The summed E-state index contributed by atoms with van der Waals surface area (Å²) < 4.78 is 83.9. The number of rotatable bonds is 7. The van der Waals surface area contributed by atoms with Gasteiger partial charge in [0.25, 0.3) is 5.91 Å². The number of thioether (sulfide) groups is 1. The van der Waals surface area contributed by atoms with Crippen LogP contribution in [0.1, 0.15) is 19.4 Å². The van der Waals surface area contributed by atoms with Crippen molar-refractivity contribution >= 4 is 46.8 Å². The minimum absolute atomic E-state index is 0.0440. The number of alkyl halides is 6. The third-order valence-electron chi connectivity index (χ3n) is 6.29. The Hall–Kier alpha value is -4.27. The molecule has 1 aromatic heterocycles. The van der Waals surface area contributed by atoms with Crippen LogP contribution in [0.15, 0.2) is 71.8 Å². The fourth-order valence-corrected chi connectivity index (χ4v) is 4.76. The molecule has 1 saturated heterocycles. The molecular weight excluding hydrogens is 590 g/mol. The lowest BCUT2D eigenvalue weighted by molar-refractivity contribution is -0.169. The number of ether oxygens (including phenoxy) is 1. The van der Waals surface area contributed by atoms with Crippen molar-refractivity contribution < 1.29 is 45.5 Å². The molecule has 2 heterocycles. The molecule has 0 atom stereocenters. The lowest BCUT2D eigenvalue weighted by Gasteiger charge is -2.28. The molecule has 0 aliphatic carbocycles. The van der Waals surface area contributed by atoms with Crippen LogP contribution in [0.5, 0.6) is 5.75 Å². The van der Waals surface area contributed by atoms with Crippen molar-refractivity contribution in [2.75, 3.05) is 16.9 Å². The molecule has 4 rings (SSSR count). The fourth-order valence-electron chi connectivity index (χ4n) is 4.22. The summed E-state index contributed by atoms with van der Waals surface area (Å²) in [4.78, 5) is 45.3. The number of hydrogen-bond donors (Lipinski definition) is 0. The molecule has 15 heteroatoms. The number of methoxy groups -OCH3 is 1. The summed E-state index contributed by atoms with van der Waals surface area (Å²) >= 11 is -0.347. The van der Waals surface area contributed by atoms with Crippen LogP contribution >= 0.6 is 11.8 Å². The van der Waals surface area contributed by atoms with E-state index in [-0.39, 0.29) is 45.9 Å². The molecule has 0 bridgehead atoms. The van der Waals surface area contributed by atoms with Crippen LogP contribution in [-0.4, -0.2) is 52.1 Å². The Morgan fingerprint density at radius 1 is 1.00 bits per heavy atom. The first-order valence-corrected chi connectivity index (χ1v) is 12.9.